The fraction of sp³-hybridized carbons (Fsp3) is 0.483. The van der Waals surface area contributed by atoms with E-state index < -0.39 is 5.54 Å². The van der Waals surface area contributed by atoms with Gasteiger partial charge in [0, 0.05) is 44.5 Å². The molecule has 2 aromatic carbocycles. The summed E-state index contributed by atoms with van der Waals surface area (Å²) in [6, 6.07) is 14.1. The third-order valence-electron chi connectivity index (χ3n) is 7.88. The van der Waals surface area contributed by atoms with Crippen LogP contribution in [0.5, 0.6) is 0 Å². The maximum Gasteiger partial charge on any atom is 0.327 e. The number of benzene rings is 2. The summed E-state index contributed by atoms with van der Waals surface area (Å²) in [5.74, 6) is 0.274. The molecule has 2 aromatic rings. The molecule has 3 heterocycles. The minimum absolute atomic E-state index is 0.0974. The maximum absolute atomic E-state index is 13.3. The SMILES string of the molecule is CC(C)N1Cc2cc(-c3ccc(CN4C(=O)N(CC5CCOCC5)C(=O)C4(C)C)cc3)ccc2C1=O. The van der Waals surface area contributed by atoms with Crippen molar-refractivity contribution in [3.8, 4) is 11.1 Å². The lowest BCUT2D eigenvalue weighted by Gasteiger charge is -2.27. The molecule has 0 saturated carbocycles. The summed E-state index contributed by atoms with van der Waals surface area (Å²) >= 11 is 0. The van der Waals surface area contributed by atoms with E-state index >= 15 is 0 Å². The van der Waals surface area contributed by atoms with Gasteiger partial charge in [-0.1, -0.05) is 30.3 Å². The zero-order chi connectivity index (χ0) is 25.6. The predicted molar refractivity (Wildman–Crippen MR) is 137 cm³/mol. The van der Waals surface area contributed by atoms with Crippen molar-refractivity contribution in [2.75, 3.05) is 19.8 Å². The van der Waals surface area contributed by atoms with Crippen LogP contribution in [0.1, 0.15) is 62.0 Å². The predicted octanol–water partition coefficient (Wildman–Crippen LogP) is 4.69. The molecule has 4 amide bonds. The summed E-state index contributed by atoms with van der Waals surface area (Å²) in [6.45, 7) is 10.6. The standard InChI is InChI=1S/C29H35N3O4/c1-19(2)30-18-24-15-23(9-10-25(24)26(30)33)22-7-5-20(6-8-22)17-32-28(35)31(27(34)29(32,3)4)16-21-11-13-36-14-12-21/h5-10,15,19,21H,11-14,16-18H2,1-4H3. The zero-order valence-electron chi connectivity index (χ0n) is 21.6. The van der Waals surface area contributed by atoms with Gasteiger partial charge >= 0.3 is 6.03 Å². The van der Waals surface area contributed by atoms with Crippen molar-refractivity contribution in [1.29, 1.82) is 0 Å². The number of nitrogens with zero attached hydrogens (tertiary/aromatic N) is 3. The highest BCUT2D eigenvalue weighted by molar-refractivity contribution is 6.06. The molecule has 5 rings (SSSR count). The normalized spacial score (nSPS) is 20.1. The highest BCUT2D eigenvalue weighted by atomic mass is 16.5. The Morgan fingerprint density at radius 3 is 2.31 bits per heavy atom. The van der Waals surface area contributed by atoms with Crippen LogP contribution >= 0.6 is 0 Å². The van der Waals surface area contributed by atoms with Gasteiger partial charge in [0.15, 0.2) is 0 Å². The molecule has 0 unspecified atom stereocenters. The highest BCUT2D eigenvalue weighted by Crippen LogP contribution is 2.33. The Kier molecular flexibility index (Phi) is 6.37. The van der Waals surface area contributed by atoms with Gasteiger partial charge in [0.1, 0.15) is 5.54 Å². The largest absolute Gasteiger partial charge is 0.381 e. The number of fused-ring (bicyclic) bond motifs is 1. The van der Waals surface area contributed by atoms with E-state index in [0.717, 1.165) is 40.7 Å². The number of imide groups is 1. The van der Waals surface area contributed by atoms with Crippen LogP contribution in [0.4, 0.5) is 4.79 Å². The monoisotopic (exact) mass is 489 g/mol. The maximum atomic E-state index is 13.3. The molecular formula is C29H35N3O4. The van der Waals surface area contributed by atoms with Crippen LogP contribution in [-0.4, -0.2) is 63.9 Å². The topological polar surface area (TPSA) is 70.2 Å². The molecule has 3 aliphatic rings. The number of rotatable bonds is 6. The number of carbonyl (C=O) groups excluding carboxylic acids is 3. The van der Waals surface area contributed by atoms with Gasteiger partial charge in [-0.05, 0) is 80.8 Å². The first kappa shape index (κ1) is 24.5. The molecule has 3 aliphatic heterocycles. The van der Waals surface area contributed by atoms with E-state index in [1.165, 1.54) is 4.90 Å². The van der Waals surface area contributed by atoms with Crippen molar-refractivity contribution in [1.82, 2.24) is 14.7 Å². The van der Waals surface area contributed by atoms with E-state index in [1.807, 2.05) is 69.0 Å². The minimum Gasteiger partial charge on any atom is -0.381 e. The third-order valence-corrected chi connectivity index (χ3v) is 7.88. The Labute approximate surface area is 213 Å². The van der Waals surface area contributed by atoms with E-state index in [0.29, 0.717) is 38.8 Å². The Balaban J connectivity index is 1.30. The number of hydrogen-bond acceptors (Lipinski definition) is 4. The Morgan fingerprint density at radius 2 is 1.64 bits per heavy atom. The van der Waals surface area contributed by atoms with Gasteiger partial charge in [0.25, 0.3) is 11.8 Å². The zero-order valence-corrected chi connectivity index (χ0v) is 21.6. The number of ether oxygens (including phenoxy) is 1. The van der Waals surface area contributed by atoms with Gasteiger partial charge in [-0.2, -0.15) is 0 Å². The Morgan fingerprint density at radius 1 is 0.972 bits per heavy atom. The van der Waals surface area contributed by atoms with E-state index in [-0.39, 0.29) is 23.9 Å². The molecule has 0 aromatic heterocycles. The summed E-state index contributed by atoms with van der Waals surface area (Å²) in [6.07, 6.45) is 1.76. The molecule has 190 valence electrons. The molecule has 2 fully saturated rings. The van der Waals surface area contributed by atoms with E-state index in [1.54, 1.807) is 4.90 Å². The molecule has 2 saturated heterocycles. The molecule has 36 heavy (non-hydrogen) atoms. The smallest absolute Gasteiger partial charge is 0.327 e. The van der Waals surface area contributed by atoms with Crippen LogP contribution in [0.3, 0.4) is 0 Å². The van der Waals surface area contributed by atoms with Crippen LogP contribution in [0.2, 0.25) is 0 Å². The molecular weight excluding hydrogens is 454 g/mol. The summed E-state index contributed by atoms with van der Waals surface area (Å²) in [5.41, 5.74) is 4.06. The van der Waals surface area contributed by atoms with E-state index in [4.69, 9.17) is 4.74 Å². The van der Waals surface area contributed by atoms with E-state index in [2.05, 4.69) is 6.07 Å². The van der Waals surface area contributed by atoms with Crippen LogP contribution in [0.15, 0.2) is 42.5 Å². The van der Waals surface area contributed by atoms with Crippen LogP contribution in [0, 0.1) is 5.92 Å². The quantitative estimate of drug-likeness (QED) is 0.552. The first-order chi connectivity index (χ1) is 17.2. The fourth-order valence-corrected chi connectivity index (χ4v) is 5.46. The second kappa shape index (κ2) is 9.36. The third kappa shape index (κ3) is 4.30. The first-order valence-corrected chi connectivity index (χ1v) is 12.9. The summed E-state index contributed by atoms with van der Waals surface area (Å²) in [4.78, 5) is 44.0. The summed E-state index contributed by atoms with van der Waals surface area (Å²) in [7, 11) is 0. The molecule has 0 aliphatic carbocycles. The van der Waals surface area contributed by atoms with Crippen LogP contribution < -0.4 is 0 Å². The van der Waals surface area contributed by atoms with Crippen LogP contribution in [0.25, 0.3) is 11.1 Å². The van der Waals surface area contributed by atoms with Gasteiger partial charge < -0.3 is 14.5 Å². The van der Waals surface area contributed by atoms with Crippen LogP contribution in [-0.2, 0) is 22.6 Å². The Bertz CT molecular complexity index is 1180. The molecule has 0 atom stereocenters. The molecule has 0 radical (unpaired) electrons. The molecule has 7 nitrogen and oxygen atoms in total. The molecule has 7 heteroatoms. The van der Waals surface area contributed by atoms with Crippen molar-refractivity contribution in [2.45, 2.75) is 65.2 Å². The first-order valence-electron chi connectivity index (χ1n) is 12.9. The minimum atomic E-state index is -0.879. The number of urea groups is 1. The van der Waals surface area contributed by atoms with Crippen molar-refractivity contribution >= 4 is 17.8 Å². The average molecular weight is 490 g/mol. The Hall–Kier alpha value is -3.19. The molecule has 0 spiro atoms. The fourth-order valence-electron chi connectivity index (χ4n) is 5.46. The second-order valence-electron chi connectivity index (χ2n) is 11.0. The highest BCUT2D eigenvalue weighted by Gasteiger charge is 2.51. The average Bonchev–Trinajstić information content (AvgIpc) is 3.28. The number of hydrogen-bond donors (Lipinski definition) is 0. The van der Waals surface area contributed by atoms with Crippen molar-refractivity contribution in [3.05, 3.63) is 59.2 Å². The lowest BCUT2D eigenvalue weighted by Crippen LogP contribution is -2.43. The summed E-state index contributed by atoms with van der Waals surface area (Å²) < 4.78 is 5.43. The van der Waals surface area contributed by atoms with Gasteiger partial charge in [-0.3, -0.25) is 14.5 Å². The lowest BCUT2D eigenvalue weighted by atomic mass is 9.98. The molecule has 0 bridgehead atoms. The lowest BCUT2D eigenvalue weighted by molar-refractivity contribution is -0.132. The van der Waals surface area contributed by atoms with Gasteiger partial charge in [0.05, 0.1) is 0 Å². The van der Waals surface area contributed by atoms with Crippen molar-refractivity contribution < 1.29 is 19.1 Å². The van der Waals surface area contributed by atoms with Crippen molar-refractivity contribution in [3.63, 3.8) is 0 Å². The summed E-state index contributed by atoms with van der Waals surface area (Å²) in [5, 5.41) is 0. The van der Waals surface area contributed by atoms with Gasteiger partial charge in [0.2, 0.25) is 0 Å². The van der Waals surface area contributed by atoms with Gasteiger partial charge in [-0.15, -0.1) is 0 Å². The number of amides is 4. The van der Waals surface area contributed by atoms with Crippen molar-refractivity contribution in [2.24, 2.45) is 5.92 Å². The molecule has 0 N–H and O–H groups in total. The second-order valence-corrected chi connectivity index (χ2v) is 11.0. The number of carbonyl (C=O) groups is 3. The van der Waals surface area contributed by atoms with Gasteiger partial charge in [-0.25, -0.2) is 4.79 Å². The van der Waals surface area contributed by atoms with E-state index in [9.17, 15) is 14.4 Å².